The Morgan fingerprint density at radius 1 is 1.09 bits per heavy atom. The molecule has 2 N–H and O–H groups in total. The van der Waals surface area contributed by atoms with E-state index >= 15 is 0 Å². The molecule has 1 aliphatic carbocycles. The van der Waals surface area contributed by atoms with Crippen molar-refractivity contribution in [3.63, 3.8) is 0 Å². The molecule has 1 saturated carbocycles. The van der Waals surface area contributed by atoms with E-state index < -0.39 is 11.9 Å². The van der Waals surface area contributed by atoms with Gasteiger partial charge in [-0.05, 0) is 73.1 Å². The second-order valence-corrected chi connectivity index (χ2v) is 10.6. The lowest BCUT2D eigenvalue weighted by molar-refractivity contribution is -0.123. The first-order valence-corrected chi connectivity index (χ1v) is 13.1. The summed E-state index contributed by atoms with van der Waals surface area (Å²) in [5.41, 5.74) is 2.96. The number of rotatable bonds is 6. The minimum atomic E-state index is -1.01. The molecule has 0 aliphatic heterocycles. The van der Waals surface area contributed by atoms with E-state index in [9.17, 15) is 14.7 Å². The Hall–Kier alpha value is -2.61. The first-order chi connectivity index (χ1) is 16.8. The summed E-state index contributed by atoms with van der Waals surface area (Å²) in [6.07, 6.45) is 5.07. The van der Waals surface area contributed by atoms with Gasteiger partial charge in [0.15, 0.2) is 5.69 Å². The van der Waals surface area contributed by atoms with E-state index in [4.69, 9.17) is 23.2 Å². The Balaban J connectivity index is 1.86. The highest BCUT2D eigenvalue weighted by Crippen LogP contribution is 2.37. The number of carbonyl (C=O) groups is 2. The first kappa shape index (κ1) is 25.5. The molecule has 4 rings (SSSR count). The quantitative estimate of drug-likeness (QED) is 0.374. The number of phenols is 1. The Labute approximate surface area is 219 Å². The van der Waals surface area contributed by atoms with Gasteiger partial charge < -0.3 is 10.4 Å². The molecule has 0 bridgehead atoms. The summed E-state index contributed by atoms with van der Waals surface area (Å²) in [4.78, 5) is 29.4. The van der Waals surface area contributed by atoms with Crippen molar-refractivity contribution in [1.82, 2.24) is 9.69 Å². The van der Waals surface area contributed by atoms with Crippen molar-refractivity contribution in [3.8, 4) is 5.75 Å². The number of halogens is 2. The molecule has 35 heavy (non-hydrogen) atoms. The van der Waals surface area contributed by atoms with Crippen LogP contribution in [0.1, 0.15) is 65.3 Å². The Morgan fingerprint density at radius 2 is 1.77 bits per heavy atom. The van der Waals surface area contributed by atoms with Gasteiger partial charge in [0.2, 0.25) is 5.91 Å². The summed E-state index contributed by atoms with van der Waals surface area (Å²) in [5.74, 6) is -0.753. The van der Waals surface area contributed by atoms with Crippen LogP contribution in [0.4, 0.5) is 5.69 Å². The molecule has 1 aromatic heterocycles. The van der Waals surface area contributed by atoms with Crippen LogP contribution in [-0.2, 0) is 4.79 Å². The third kappa shape index (κ3) is 5.47. The number of aryl methyl sites for hydroxylation is 1. The van der Waals surface area contributed by atoms with Crippen molar-refractivity contribution in [2.45, 2.75) is 58.0 Å². The van der Waals surface area contributed by atoms with Gasteiger partial charge in [-0.2, -0.15) is 4.37 Å². The molecule has 0 spiro atoms. The van der Waals surface area contributed by atoms with Gasteiger partial charge in [0.05, 0.1) is 0 Å². The van der Waals surface area contributed by atoms with E-state index in [-0.39, 0.29) is 32.8 Å². The number of nitrogens with one attached hydrogen (secondary N) is 1. The number of hydrogen-bond acceptors (Lipinski definition) is 5. The fourth-order valence-electron chi connectivity index (χ4n) is 4.47. The second-order valence-electron chi connectivity index (χ2n) is 8.85. The number of nitrogens with zero attached hydrogens (tertiary/aromatic N) is 2. The zero-order chi connectivity index (χ0) is 25.1. The maximum absolute atomic E-state index is 14.0. The van der Waals surface area contributed by atoms with Crippen molar-refractivity contribution < 1.29 is 14.7 Å². The topological polar surface area (TPSA) is 82.5 Å². The highest BCUT2D eigenvalue weighted by Gasteiger charge is 2.37. The summed E-state index contributed by atoms with van der Waals surface area (Å²) in [6.45, 7) is 3.86. The average molecular weight is 532 g/mol. The van der Waals surface area contributed by atoms with Gasteiger partial charge in [0.25, 0.3) is 5.91 Å². The molecule has 2 amide bonds. The molecule has 2 aromatic carbocycles. The fourth-order valence-corrected chi connectivity index (χ4v) is 5.46. The van der Waals surface area contributed by atoms with E-state index in [0.29, 0.717) is 11.3 Å². The second kappa shape index (κ2) is 11.0. The summed E-state index contributed by atoms with van der Waals surface area (Å²) in [6, 6.07) is 11.0. The lowest BCUT2D eigenvalue weighted by Crippen LogP contribution is -2.47. The SMILES string of the molecule is Cc1cccc(N(C(=O)c2nsc(Cl)c2Cl)[C@H](C(=O)NC2CCCCC2)c2ccc(O)cc2)c1C. The minimum Gasteiger partial charge on any atom is -0.508 e. The monoisotopic (exact) mass is 531 g/mol. The Morgan fingerprint density at radius 3 is 2.40 bits per heavy atom. The third-order valence-electron chi connectivity index (χ3n) is 6.52. The normalized spacial score (nSPS) is 15.0. The third-order valence-corrected chi connectivity index (χ3v) is 8.13. The van der Waals surface area contributed by atoms with Crippen LogP contribution < -0.4 is 10.2 Å². The largest absolute Gasteiger partial charge is 0.508 e. The predicted molar refractivity (Wildman–Crippen MR) is 141 cm³/mol. The van der Waals surface area contributed by atoms with Crippen LogP contribution in [0, 0.1) is 13.8 Å². The van der Waals surface area contributed by atoms with Crippen molar-refractivity contribution >= 4 is 52.2 Å². The summed E-state index contributed by atoms with van der Waals surface area (Å²) in [5, 5.41) is 13.1. The lowest BCUT2D eigenvalue weighted by atomic mass is 9.94. The molecule has 6 nitrogen and oxygen atoms in total. The van der Waals surface area contributed by atoms with Crippen LogP contribution in [0.25, 0.3) is 0 Å². The summed E-state index contributed by atoms with van der Waals surface area (Å²) < 4.78 is 4.41. The first-order valence-electron chi connectivity index (χ1n) is 11.6. The number of phenolic OH excluding ortho intramolecular Hbond substituents is 1. The van der Waals surface area contributed by atoms with Gasteiger partial charge in [-0.3, -0.25) is 14.5 Å². The minimum absolute atomic E-state index is 0.00295. The number of aromatic hydroxyl groups is 1. The maximum atomic E-state index is 14.0. The average Bonchev–Trinajstić information content (AvgIpc) is 3.18. The zero-order valence-electron chi connectivity index (χ0n) is 19.6. The van der Waals surface area contributed by atoms with Gasteiger partial charge >= 0.3 is 0 Å². The van der Waals surface area contributed by atoms with Gasteiger partial charge in [-0.15, -0.1) is 0 Å². The van der Waals surface area contributed by atoms with Gasteiger partial charge in [0.1, 0.15) is 21.2 Å². The zero-order valence-corrected chi connectivity index (χ0v) is 21.9. The maximum Gasteiger partial charge on any atom is 0.280 e. The fraction of sp³-hybridized carbons (Fsp3) is 0.346. The number of hydrogen-bond donors (Lipinski definition) is 2. The van der Waals surface area contributed by atoms with Crippen molar-refractivity contribution in [3.05, 3.63) is 74.2 Å². The lowest BCUT2D eigenvalue weighted by Gasteiger charge is -2.34. The van der Waals surface area contributed by atoms with Crippen LogP contribution in [-0.4, -0.2) is 27.3 Å². The number of aromatic nitrogens is 1. The van der Waals surface area contributed by atoms with Crippen LogP contribution in [0.15, 0.2) is 42.5 Å². The molecule has 9 heteroatoms. The van der Waals surface area contributed by atoms with Crippen LogP contribution in [0.2, 0.25) is 9.36 Å². The molecule has 1 aliphatic rings. The molecule has 0 radical (unpaired) electrons. The molecular formula is C26H27Cl2N3O3S. The number of amides is 2. The molecule has 1 atom stereocenters. The Kier molecular flexibility index (Phi) is 7.99. The molecule has 0 saturated heterocycles. The number of benzene rings is 2. The van der Waals surface area contributed by atoms with Crippen LogP contribution in [0.3, 0.4) is 0 Å². The molecule has 1 fully saturated rings. The van der Waals surface area contributed by atoms with E-state index in [1.54, 1.807) is 12.1 Å². The smallest absolute Gasteiger partial charge is 0.280 e. The summed E-state index contributed by atoms with van der Waals surface area (Å²) >= 11 is 13.4. The van der Waals surface area contributed by atoms with Crippen molar-refractivity contribution in [2.75, 3.05) is 4.90 Å². The molecule has 0 unspecified atom stereocenters. The van der Waals surface area contributed by atoms with Gasteiger partial charge in [0, 0.05) is 11.7 Å². The molecular weight excluding hydrogens is 505 g/mol. The Bertz CT molecular complexity index is 1220. The van der Waals surface area contributed by atoms with E-state index in [2.05, 4.69) is 9.69 Å². The molecule has 3 aromatic rings. The summed E-state index contributed by atoms with van der Waals surface area (Å²) in [7, 11) is 0. The predicted octanol–water partition coefficient (Wildman–Crippen LogP) is 6.61. The van der Waals surface area contributed by atoms with Gasteiger partial charge in [-0.25, -0.2) is 0 Å². The highest BCUT2D eigenvalue weighted by atomic mass is 35.5. The van der Waals surface area contributed by atoms with E-state index in [0.717, 1.165) is 54.8 Å². The molecule has 1 heterocycles. The number of anilines is 1. The van der Waals surface area contributed by atoms with Crippen LogP contribution >= 0.6 is 34.7 Å². The standard InChI is InChI=1S/C26H27Cl2N3O3S/c1-15-7-6-10-20(16(15)2)31(26(34)22-21(27)24(28)35-30-22)23(17-11-13-19(32)14-12-17)25(33)29-18-8-4-3-5-9-18/h6-7,10-14,18,23,32H,3-5,8-9H2,1-2H3,(H,29,33)/t23-/m0/s1. The van der Waals surface area contributed by atoms with E-state index in [1.165, 1.54) is 17.0 Å². The molecule has 184 valence electrons. The van der Waals surface area contributed by atoms with Crippen LogP contribution in [0.5, 0.6) is 5.75 Å². The highest BCUT2D eigenvalue weighted by molar-refractivity contribution is 7.11. The van der Waals surface area contributed by atoms with Crippen molar-refractivity contribution in [2.24, 2.45) is 0 Å². The number of carbonyl (C=O) groups excluding carboxylic acids is 2. The van der Waals surface area contributed by atoms with Gasteiger partial charge in [-0.1, -0.05) is 66.7 Å². The van der Waals surface area contributed by atoms with E-state index in [1.807, 2.05) is 32.0 Å². The van der Waals surface area contributed by atoms with Crippen molar-refractivity contribution in [1.29, 1.82) is 0 Å².